The van der Waals surface area contributed by atoms with Gasteiger partial charge in [-0.1, -0.05) is 58.4 Å². The van der Waals surface area contributed by atoms with Crippen LogP contribution in [0.3, 0.4) is 0 Å². The molecule has 0 radical (unpaired) electrons. The van der Waals surface area contributed by atoms with Gasteiger partial charge in [-0.3, -0.25) is 0 Å². The highest BCUT2D eigenvalue weighted by Gasteiger charge is 2.29. The minimum Gasteiger partial charge on any atom is -0.324 e. The summed E-state index contributed by atoms with van der Waals surface area (Å²) in [5, 5.41) is 3.71. The molecule has 3 N–H and O–H groups in total. The van der Waals surface area contributed by atoms with Gasteiger partial charge in [-0.15, -0.1) is 0 Å². The van der Waals surface area contributed by atoms with Gasteiger partial charge in [-0.05, 0) is 36.1 Å². The van der Waals surface area contributed by atoms with E-state index in [-0.39, 0.29) is 12.1 Å². The lowest BCUT2D eigenvalue weighted by Gasteiger charge is -2.21. The zero-order chi connectivity index (χ0) is 14.1. The number of nitrogens with two attached hydrogens (primary N) is 1. The van der Waals surface area contributed by atoms with E-state index in [0.29, 0.717) is 6.04 Å². The molecule has 0 aromatic heterocycles. The van der Waals surface area contributed by atoms with Crippen LogP contribution in [0.2, 0.25) is 0 Å². The first kappa shape index (κ1) is 13.8. The normalized spacial score (nSPS) is 22.6. The molecule has 2 aromatic carbocycles. The summed E-state index contributed by atoms with van der Waals surface area (Å²) in [5.74, 6) is 0. The minimum atomic E-state index is 0.148. The van der Waals surface area contributed by atoms with E-state index >= 15 is 0 Å². The monoisotopic (exact) mass is 330 g/mol. The van der Waals surface area contributed by atoms with Crippen LogP contribution in [0, 0.1) is 0 Å². The molecule has 0 fully saturated rings. The van der Waals surface area contributed by atoms with E-state index in [1.165, 1.54) is 16.7 Å². The maximum Gasteiger partial charge on any atom is 0.0347 e. The molecule has 0 spiro atoms. The summed E-state index contributed by atoms with van der Waals surface area (Å²) in [7, 11) is 0. The van der Waals surface area contributed by atoms with Crippen LogP contribution in [0.1, 0.15) is 48.2 Å². The standard InChI is InChI=1S/C17H19BrN2/c1-11(12-6-4-5-9-15(12)18)20-17-10-16(19)13-7-2-3-8-14(13)17/h2-9,11,16-17,20H,10,19H2,1H3. The summed E-state index contributed by atoms with van der Waals surface area (Å²) in [6.07, 6.45) is 0.966. The first-order chi connectivity index (χ1) is 9.66. The molecule has 2 nitrogen and oxygen atoms in total. The summed E-state index contributed by atoms with van der Waals surface area (Å²) >= 11 is 3.63. The zero-order valence-electron chi connectivity index (χ0n) is 11.5. The second-order valence-corrected chi connectivity index (χ2v) is 6.29. The average Bonchev–Trinajstić information content (AvgIpc) is 2.76. The number of halogens is 1. The average molecular weight is 331 g/mol. The Balaban J connectivity index is 1.81. The quantitative estimate of drug-likeness (QED) is 0.883. The maximum absolute atomic E-state index is 6.23. The van der Waals surface area contributed by atoms with Crippen LogP contribution in [0.4, 0.5) is 0 Å². The molecule has 104 valence electrons. The van der Waals surface area contributed by atoms with Crippen molar-refractivity contribution in [1.82, 2.24) is 5.32 Å². The molecule has 0 amide bonds. The van der Waals surface area contributed by atoms with Gasteiger partial charge in [0.25, 0.3) is 0 Å². The molecule has 0 heterocycles. The summed E-state index contributed by atoms with van der Waals surface area (Å²) in [4.78, 5) is 0. The van der Waals surface area contributed by atoms with E-state index in [1.54, 1.807) is 0 Å². The fourth-order valence-electron chi connectivity index (χ4n) is 3.05. The molecule has 1 aliphatic rings. The Hall–Kier alpha value is -1.16. The van der Waals surface area contributed by atoms with Gasteiger partial charge in [0.2, 0.25) is 0 Å². The van der Waals surface area contributed by atoms with Crippen molar-refractivity contribution in [3.63, 3.8) is 0 Å². The molecule has 0 aliphatic heterocycles. The van der Waals surface area contributed by atoms with Gasteiger partial charge in [0, 0.05) is 22.6 Å². The summed E-state index contributed by atoms with van der Waals surface area (Å²) < 4.78 is 1.15. The second-order valence-electron chi connectivity index (χ2n) is 5.43. The third kappa shape index (κ3) is 2.53. The number of nitrogens with one attached hydrogen (secondary N) is 1. The van der Waals surface area contributed by atoms with Gasteiger partial charge >= 0.3 is 0 Å². The van der Waals surface area contributed by atoms with Crippen LogP contribution in [0.5, 0.6) is 0 Å². The van der Waals surface area contributed by atoms with Gasteiger partial charge in [0.1, 0.15) is 0 Å². The molecule has 3 atom stereocenters. The molecule has 0 bridgehead atoms. The fraction of sp³-hybridized carbons (Fsp3) is 0.294. The number of benzene rings is 2. The molecule has 2 aromatic rings. The predicted molar refractivity (Wildman–Crippen MR) is 86.4 cm³/mol. The van der Waals surface area contributed by atoms with Crippen LogP contribution in [0.15, 0.2) is 53.0 Å². The molecular formula is C17H19BrN2. The lowest BCUT2D eigenvalue weighted by molar-refractivity contribution is 0.445. The third-order valence-electron chi connectivity index (χ3n) is 4.08. The van der Waals surface area contributed by atoms with Gasteiger partial charge < -0.3 is 11.1 Å². The smallest absolute Gasteiger partial charge is 0.0347 e. The van der Waals surface area contributed by atoms with Crippen molar-refractivity contribution in [2.24, 2.45) is 5.73 Å². The predicted octanol–water partition coefficient (Wildman–Crippen LogP) is 4.24. The molecule has 3 unspecified atom stereocenters. The Labute approximate surface area is 128 Å². The lowest BCUT2D eigenvalue weighted by atomic mass is 10.0. The largest absolute Gasteiger partial charge is 0.324 e. The van der Waals surface area contributed by atoms with Crippen molar-refractivity contribution in [1.29, 1.82) is 0 Å². The summed E-state index contributed by atoms with van der Waals surface area (Å²) in [5.41, 5.74) is 10.1. The SMILES string of the molecule is CC(NC1CC(N)c2ccccc21)c1ccccc1Br. The van der Waals surface area contributed by atoms with Crippen molar-refractivity contribution in [3.8, 4) is 0 Å². The Kier molecular flexibility index (Phi) is 3.92. The molecule has 3 rings (SSSR count). The van der Waals surface area contributed by atoms with Crippen LogP contribution in [0.25, 0.3) is 0 Å². The third-order valence-corrected chi connectivity index (χ3v) is 4.81. The van der Waals surface area contributed by atoms with Crippen LogP contribution in [-0.4, -0.2) is 0 Å². The Morgan fingerprint density at radius 2 is 1.75 bits per heavy atom. The van der Waals surface area contributed by atoms with Gasteiger partial charge in [-0.2, -0.15) is 0 Å². The lowest BCUT2D eigenvalue weighted by Crippen LogP contribution is -2.23. The van der Waals surface area contributed by atoms with Crippen molar-refractivity contribution >= 4 is 15.9 Å². The summed E-state index contributed by atoms with van der Waals surface area (Å²) in [6.45, 7) is 2.20. The maximum atomic E-state index is 6.23. The Bertz CT molecular complexity index is 611. The van der Waals surface area contributed by atoms with Crippen molar-refractivity contribution < 1.29 is 0 Å². The second kappa shape index (κ2) is 5.68. The van der Waals surface area contributed by atoms with Crippen molar-refractivity contribution in [2.75, 3.05) is 0 Å². The highest BCUT2D eigenvalue weighted by molar-refractivity contribution is 9.10. The van der Waals surface area contributed by atoms with Gasteiger partial charge in [0.15, 0.2) is 0 Å². The first-order valence-electron chi connectivity index (χ1n) is 7.01. The van der Waals surface area contributed by atoms with Crippen LogP contribution >= 0.6 is 15.9 Å². The number of hydrogen-bond donors (Lipinski definition) is 2. The topological polar surface area (TPSA) is 38.0 Å². The highest BCUT2D eigenvalue weighted by Crippen LogP contribution is 2.38. The highest BCUT2D eigenvalue weighted by atomic mass is 79.9. The number of rotatable bonds is 3. The van der Waals surface area contributed by atoms with Gasteiger partial charge in [0.05, 0.1) is 0 Å². The first-order valence-corrected chi connectivity index (χ1v) is 7.81. The number of fused-ring (bicyclic) bond motifs is 1. The van der Waals surface area contributed by atoms with E-state index in [0.717, 1.165) is 10.9 Å². The zero-order valence-corrected chi connectivity index (χ0v) is 13.1. The van der Waals surface area contributed by atoms with Crippen LogP contribution in [-0.2, 0) is 0 Å². The molecule has 0 saturated carbocycles. The van der Waals surface area contributed by atoms with Crippen molar-refractivity contribution in [3.05, 3.63) is 69.7 Å². The van der Waals surface area contributed by atoms with E-state index < -0.39 is 0 Å². The van der Waals surface area contributed by atoms with Crippen LogP contribution < -0.4 is 11.1 Å². The molecule has 20 heavy (non-hydrogen) atoms. The fourth-order valence-corrected chi connectivity index (χ4v) is 3.68. The minimum absolute atomic E-state index is 0.148. The molecular weight excluding hydrogens is 312 g/mol. The van der Waals surface area contributed by atoms with E-state index in [2.05, 4.69) is 70.6 Å². The van der Waals surface area contributed by atoms with E-state index in [4.69, 9.17) is 5.73 Å². The summed E-state index contributed by atoms with van der Waals surface area (Å²) in [6, 6.07) is 17.6. The molecule has 3 heteroatoms. The number of hydrogen-bond acceptors (Lipinski definition) is 2. The van der Waals surface area contributed by atoms with Crippen molar-refractivity contribution in [2.45, 2.75) is 31.5 Å². The van der Waals surface area contributed by atoms with E-state index in [1.807, 2.05) is 6.07 Å². The molecule has 1 aliphatic carbocycles. The Morgan fingerprint density at radius 1 is 1.10 bits per heavy atom. The van der Waals surface area contributed by atoms with Gasteiger partial charge in [-0.25, -0.2) is 0 Å². The molecule has 0 saturated heterocycles. The Morgan fingerprint density at radius 3 is 2.50 bits per heavy atom. The van der Waals surface area contributed by atoms with E-state index in [9.17, 15) is 0 Å².